The Labute approximate surface area is 300 Å². The van der Waals surface area contributed by atoms with Crippen LogP contribution in [-0.4, -0.2) is 47.9 Å². The average molecular weight is 703 g/mol. The molecular formula is C41H35ClN2O7. The Hall–Kier alpha value is -5.41. The molecule has 9 nitrogen and oxygen atoms in total. The lowest BCUT2D eigenvalue weighted by Crippen LogP contribution is -2.53. The van der Waals surface area contributed by atoms with Gasteiger partial charge in [0.15, 0.2) is 11.5 Å². The number of benzene rings is 4. The molecule has 6 atom stereocenters. The van der Waals surface area contributed by atoms with Crippen molar-refractivity contribution in [2.45, 2.75) is 30.7 Å². The van der Waals surface area contributed by atoms with Gasteiger partial charge in [-0.05, 0) is 65.8 Å². The largest absolute Gasteiger partial charge is 0.502 e. The second-order valence-corrected chi connectivity index (χ2v) is 14.1. The Balaban J connectivity index is 1.36. The van der Waals surface area contributed by atoms with Crippen molar-refractivity contribution < 1.29 is 33.8 Å². The van der Waals surface area contributed by atoms with Gasteiger partial charge in [0.1, 0.15) is 0 Å². The van der Waals surface area contributed by atoms with E-state index in [4.69, 9.17) is 21.1 Å². The number of carbonyl (C=O) groups excluding carboxylic acids is 4. The zero-order valence-corrected chi connectivity index (χ0v) is 28.7. The zero-order chi connectivity index (χ0) is 35.6. The lowest BCUT2D eigenvalue weighted by molar-refractivity contribution is -0.141. The number of imide groups is 2. The van der Waals surface area contributed by atoms with Crippen molar-refractivity contribution in [3.05, 3.63) is 130 Å². The number of halogens is 1. The predicted octanol–water partition coefficient (Wildman–Crippen LogP) is 6.43. The first kappa shape index (κ1) is 32.8. The van der Waals surface area contributed by atoms with Crippen LogP contribution in [0.25, 0.3) is 0 Å². The Kier molecular flexibility index (Phi) is 7.98. The second-order valence-electron chi connectivity index (χ2n) is 13.6. The third-order valence-corrected chi connectivity index (χ3v) is 11.5. The van der Waals surface area contributed by atoms with E-state index in [2.05, 4.69) is 0 Å². The number of aromatic hydroxyl groups is 1. The first-order chi connectivity index (χ1) is 24.7. The molecule has 2 aliphatic carbocycles. The molecule has 0 aromatic heterocycles. The van der Waals surface area contributed by atoms with Crippen LogP contribution in [0.4, 0.5) is 5.69 Å². The van der Waals surface area contributed by atoms with Crippen LogP contribution in [0.3, 0.4) is 0 Å². The van der Waals surface area contributed by atoms with E-state index in [0.717, 1.165) is 11.1 Å². The lowest BCUT2D eigenvalue weighted by Gasteiger charge is -2.50. The number of allylic oxidation sites excluding steroid dienone is 2. The summed E-state index contributed by atoms with van der Waals surface area (Å²) >= 11 is 6.41. The first-order valence-corrected chi connectivity index (χ1v) is 17.3. The summed E-state index contributed by atoms with van der Waals surface area (Å²) in [5.41, 5.74) is 1.71. The molecular weight excluding hydrogens is 668 g/mol. The molecule has 0 bridgehead atoms. The van der Waals surface area contributed by atoms with Crippen LogP contribution in [0.2, 0.25) is 5.02 Å². The Morgan fingerprint density at radius 1 is 0.804 bits per heavy atom. The maximum atomic E-state index is 15.4. The Morgan fingerprint density at radius 2 is 1.47 bits per heavy atom. The van der Waals surface area contributed by atoms with Gasteiger partial charge in [0.25, 0.3) is 0 Å². The lowest BCUT2D eigenvalue weighted by atomic mass is 9.49. The molecule has 1 saturated carbocycles. The van der Waals surface area contributed by atoms with Crippen molar-refractivity contribution in [3.8, 4) is 17.2 Å². The number of carbonyl (C=O) groups is 4. The van der Waals surface area contributed by atoms with Crippen molar-refractivity contribution in [3.63, 3.8) is 0 Å². The minimum atomic E-state index is -1.47. The molecule has 4 aliphatic rings. The van der Waals surface area contributed by atoms with E-state index in [9.17, 15) is 19.5 Å². The summed E-state index contributed by atoms with van der Waals surface area (Å²) in [5.74, 6) is -4.87. The summed E-state index contributed by atoms with van der Waals surface area (Å²) in [7, 11) is 2.86. The number of phenols is 1. The molecule has 51 heavy (non-hydrogen) atoms. The van der Waals surface area contributed by atoms with Gasteiger partial charge in [-0.3, -0.25) is 24.1 Å². The molecule has 0 unspecified atom stereocenters. The minimum Gasteiger partial charge on any atom is -0.502 e. The van der Waals surface area contributed by atoms with Gasteiger partial charge < -0.3 is 14.6 Å². The van der Waals surface area contributed by atoms with Gasteiger partial charge in [0.05, 0.1) is 49.6 Å². The highest BCUT2D eigenvalue weighted by molar-refractivity contribution is 6.32. The molecule has 0 radical (unpaired) electrons. The van der Waals surface area contributed by atoms with Crippen molar-refractivity contribution in [1.82, 2.24) is 4.90 Å². The highest BCUT2D eigenvalue weighted by atomic mass is 35.5. The summed E-state index contributed by atoms with van der Waals surface area (Å²) in [6, 6.07) is 28.6. The molecule has 4 amide bonds. The van der Waals surface area contributed by atoms with Gasteiger partial charge in [-0.15, -0.1) is 0 Å². The fourth-order valence-corrected chi connectivity index (χ4v) is 9.37. The number of likely N-dealkylation sites (tertiary alicyclic amines) is 1. The normalized spacial score (nSPS) is 26.8. The van der Waals surface area contributed by atoms with Crippen LogP contribution in [-0.2, 0) is 31.1 Å². The van der Waals surface area contributed by atoms with Gasteiger partial charge in [-0.25, -0.2) is 4.90 Å². The van der Waals surface area contributed by atoms with Crippen molar-refractivity contribution >= 4 is 40.9 Å². The summed E-state index contributed by atoms with van der Waals surface area (Å²) in [5, 5.41) is 11.3. The quantitative estimate of drug-likeness (QED) is 0.175. The highest BCUT2D eigenvalue weighted by Crippen LogP contribution is 2.65. The van der Waals surface area contributed by atoms with Gasteiger partial charge in [0.2, 0.25) is 29.4 Å². The van der Waals surface area contributed by atoms with Crippen molar-refractivity contribution in [2.24, 2.45) is 23.7 Å². The van der Waals surface area contributed by atoms with Gasteiger partial charge in [0, 0.05) is 10.9 Å². The van der Waals surface area contributed by atoms with E-state index in [1.165, 1.54) is 24.0 Å². The molecule has 258 valence electrons. The Morgan fingerprint density at radius 3 is 2.12 bits per heavy atom. The molecule has 1 N–H and O–H groups in total. The molecule has 4 aromatic rings. The fourth-order valence-electron chi connectivity index (χ4n) is 9.19. The summed E-state index contributed by atoms with van der Waals surface area (Å²) in [6.45, 7) is 0.153. The SMILES string of the molecule is COc1cc([C@H]2C3=CC[C@@H]4C(=O)N(Cc5ccccc5)C(=O)[C@@H]4[C@@H]3C[C@H]3C(=O)N(c4cccc(Cl)c4)C(=O)[C@@]23c2ccccc2)cc(OC)c1O. The number of ether oxygens (including phenoxy) is 2. The molecule has 4 aromatic carbocycles. The highest BCUT2D eigenvalue weighted by Gasteiger charge is 2.70. The van der Waals surface area contributed by atoms with Gasteiger partial charge in [-0.1, -0.05) is 90.0 Å². The van der Waals surface area contributed by atoms with Crippen LogP contribution < -0.4 is 14.4 Å². The summed E-state index contributed by atoms with van der Waals surface area (Å²) in [6.07, 6.45) is 2.47. The standard InChI is InChI=1S/C41H35ClN2O7/c1-50-32-18-24(19-33(51-2)36(32)45)35-28-16-17-29-34(39(48)43(37(29)46)22-23-10-5-3-6-11-23)30(28)21-31-38(47)44(27-15-9-14-26(42)20-27)40(49)41(31,35)25-12-7-4-8-13-25/h3-16,18-20,29-31,34-35,45H,17,21-22H2,1-2H3/t29-,30+,31-,34-,35-,41+/m0/s1. The minimum absolute atomic E-state index is 0.130. The van der Waals surface area contributed by atoms with E-state index in [1.807, 2.05) is 66.7 Å². The van der Waals surface area contributed by atoms with E-state index in [1.54, 1.807) is 36.4 Å². The topological polar surface area (TPSA) is 113 Å². The summed E-state index contributed by atoms with van der Waals surface area (Å²) in [4.78, 5) is 61.3. The number of nitrogens with zero attached hydrogens (tertiary/aromatic N) is 2. The van der Waals surface area contributed by atoms with Crippen molar-refractivity contribution in [1.29, 1.82) is 0 Å². The zero-order valence-electron chi connectivity index (χ0n) is 28.0. The smallest absolute Gasteiger partial charge is 0.246 e. The number of anilines is 1. The monoisotopic (exact) mass is 702 g/mol. The third-order valence-electron chi connectivity index (χ3n) is 11.3. The van der Waals surface area contributed by atoms with E-state index >= 15 is 4.79 Å². The van der Waals surface area contributed by atoms with Crippen LogP contribution in [0.5, 0.6) is 17.2 Å². The molecule has 8 rings (SSSR count). The van der Waals surface area contributed by atoms with Crippen LogP contribution >= 0.6 is 11.6 Å². The van der Waals surface area contributed by atoms with Gasteiger partial charge >= 0.3 is 0 Å². The molecule has 3 fully saturated rings. The predicted molar refractivity (Wildman–Crippen MR) is 189 cm³/mol. The molecule has 10 heteroatoms. The van der Waals surface area contributed by atoms with Crippen LogP contribution in [0.15, 0.2) is 109 Å². The second kappa shape index (κ2) is 12.4. The average Bonchev–Trinajstić information content (AvgIpc) is 3.53. The third kappa shape index (κ3) is 4.82. The Bertz CT molecular complexity index is 2090. The number of phenolic OH excluding ortho intramolecular Hbond substituents is 1. The van der Waals surface area contributed by atoms with Crippen LogP contribution in [0, 0.1) is 23.7 Å². The van der Waals surface area contributed by atoms with E-state index < -0.39 is 46.8 Å². The number of hydrogen-bond donors (Lipinski definition) is 1. The number of hydrogen-bond acceptors (Lipinski definition) is 7. The summed E-state index contributed by atoms with van der Waals surface area (Å²) < 4.78 is 11.2. The maximum absolute atomic E-state index is 15.4. The molecule has 2 aliphatic heterocycles. The van der Waals surface area contributed by atoms with Gasteiger partial charge in [-0.2, -0.15) is 0 Å². The van der Waals surface area contributed by atoms with E-state index in [0.29, 0.717) is 28.3 Å². The number of fused-ring (bicyclic) bond motifs is 4. The van der Waals surface area contributed by atoms with Crippen LogP contribution in [0.1, 0.15) is 35.4 Å². The molecule has 2 saturated heterocycles. The first-order valence-electron chi connectivity index (χ1n) is 16.9. The number of methoxy groups -OCH3 is 2. The fraction of sp³-hybridized carbons (Fsp3) is 0.268. The number of amides is 4. The molecule has 2 heterocycles. The van der Waals surface area contributed by atoms with Crippen molar-refractivity contribution in [2.75, 3.05) is 19.1 Å². The molecule has 0 spiro atoms. The number of rotatable bonds is 7. The maximum Gasteiger partial charge on any atom is 0.246 e. The van der Waals surface area contributed by atoms with E-state index in [-0.39, 0.29) is 42.0 Å².